The molecule has 2 aromatic carbocycles. The first-order valence-electron chi connectivity index (χ1n) is 8.84. The predicted molar refractivity (Wildman–Crippen MR) is 124 cm³/mol. The summed E-state index contributed by atoms with van der Waals surface area (Å²) in [5.41, 5.74) is 4.37. The zero-order chi connectivity index (χ0) is 20.8. The molecule has 3 rings (SSSR count). The first kappa shape index (κ1) is 20.3. The molecule has 6 nitrogen and oxygen atoms in total. The minimum Gasteiger partial charge on any atom is -0.338 e. The number of aromatic amines is 1. The lowest BCUT2D eigenvalue weighted by Crippen LogP contribution is -2.11. The first-order chi connectivity index (χ1) is 14.1. The summed E-state index contributed by atoms with van der Waals surface area (Å²) in [4.78, 5) is 29.3. The number of amides is 1. The summed E-state index contributed by atoms with van der Waals surface area (Å²) in [5, 5.41) is 2.91. The van der Waals surface area contributed by atoms with Gasteiger partial charge in [0.05, 0.1) is 16.7 Å². The van der Waals surface area contributed by atoms with Crippen molar-refractivity contribution in [1.29, 1.82) is 0 Å². The molecule has 0 saturated carbocycles. The van der Waals surface area contributed by atoms with Gasteiger partial charge >= 0.3 is 0 Å². The molecule has 0 bridgehead atoms. The Hall–Kier alpha value is -3.45. The number of H-pyrrole nitrogens is 1. The van der Waals surface area contributed by atoms with Crippen molar-refractivity contribution < 1.29 is 4.79 Å². The molecular weight excluding hydrogens is 382 g/mol. The van der Waals surface area contributed by atoms with Gasteiger partial charge in [0.15, 0.2) is 0 Å². The number of hydrogen-bond acceptors (Lipinski definition) is 5. The van der Waals surface area contributed by atoms with Crippen LogP contribution in [0.3, 0.4) is 0 Å². The summed E-state index contributed by atoms with van der Waals surface area (Å²) in [5.74, 6) is 0.492. The average molecular weight is 404 g/mol. The number of thioether (sulfide) groups is 1. The number of imidazole rings is 1. The van der Waals surface area contributed by atoms with Gasteiger partial charge in [-0.25, -0.2) is 4.98 Å². The summed E-state index contributed by atoms with van der Waals surface area (Å²) < 4.78 is 0. The fourth-order valence-corrected chi connectivity index (χ4v) is 3.36. The highest BCUT2D eigenvalue weighted by atomic mass is 32.2. The van der Waals surface area contributed by atoms with E-state index >= 15 is 0 Å². The number of allylic oxidation sites excluding steroid dienone is 3. The van der Waals surface area contributed by atoms with Crippen LogP contribution in [-0.4, -0.2) is 35.6 Å². The SMILES string of the molecule is C=N/C=C\C(=C/C)c1nc2ccc(C(=O)Nc3ccc(SC)c(N=C)c3)cc2[nH]1. The number of rotatable bonds is 7. The van der Waals surface area contributed by atoms with Crippen molar-refractivity contribution in [2.45, 2.75) is 11.8 Å². The van der Waals surface area contributed by atoms with Gasteiger partial charge in [-0.05, 0) is 69.1 Å². The molecule has 0 spiro atoms. The molecule has 29 heavy (non-hydrogen) atoms. The minimum absolute atomic E-state index is 0.211. The minimum atomic E-state index is -0.211. The quantitative estimate of drug-likeness (QED) is 0.311. The van der Waals surface area contributed by atoms with E-state index in [0.717, 1.165) is 27.2 Å². The smallest absolute Gasteiger partial charge is 0.255 e. The van der Waals surface area contributed by atoms with E-state index in [2.05, 4.69) is 38.7 Å². The van der Waals surface area contributed by atoms with E-state index in [1.165, 1.54) is 0 Å². The Morgan fingerprint density at radius 1 is 1.24 bits per heavy atom. The van der Waals surface area contributed by atoms with Gasteiger partial charge in [0.1, 0.15) is 5.82 Å². The Balaban J connectivity index is 1.86. The van der Waals surface area contributed by atoms with E-state index in [-0.39, 0.29) is 5.91 Å². The van der Waals surface area contributed by atoms with E-state index in [1.807, 2.05) is 49.6 Å². The number of fused-ring (bicyclic) bond motifs is 1. The lowest BCUT2D eigenvalue weighted by molar-refractivity contribution is 0.102. The molecule has 3 aromatic rings. The number of carbonyl (C=O) groups is 1. The highest BCUT2D eigenvalue weighted by Crippen LogP contribution is 2.30. The number of aromatic nitrogens is 2. The van der Waals surface area contributed by atoms with Crippen LogP contribution in [-0.2, 0) is 0 Å². The second-order valence-electron chi connectivity index (χ2n) is 6.06. The summed E-state index contributed by atoms with van der Waals surface area (Å²) in [6, 6.07) is 10.9. The molecule has 0 fully saturated rings. The molecule has 146 valence electrons. The Labute approximate surface area is 173 Å². The predicted octanol–water partition coefficient (Wildman–Crippen LogP) is 5.49. The van der Waals surface area contributed by atoms with Gasteiger partial charge in [0.2, 0.25) is 0 Å². The van der Waals surface area contributed by atoms with Gasteiger partial charge in [-0.2, -0.15) is 0 Å². The van der Waals surface area contributed by atoms with Crippen LogP contribution >= 0.6 is 11.8 Å². The second-order valence-corrected chi connectivity index (χ2v) is 6.91. The monoisotopic (exact) mass is 403 g/mol. The number of aliphatic imine (C=N–C) groups is 2. The summed E-state index contributed by atoms with van der Waals surface area (Å²) in [6.07, 6.45) is 7.33. The number of carbonyl (C=O) groups excluding carboxylic acids is 1. The highest BCUT2D eigenvalue weighted by Gasteiger charge is 2.11. The van der Waals surface area contributed by atoms with Gasteiger partial charge in [0.25, 0.3) is 5.91 Å². The van der Waals surface area contributed by atoms with Crippen molar-refractivity contribution >= 4 is 59.1 Å². The maximum absolute atomic E-state index is 12.7. The molecule has 2 N–H and O–H groups in total. The first-order valence-corrected chi connectivity index (χ1v) is 10.1. The maximum atomic E-state index is 12.7. The average Bonchev–Trinajstić information content (AvgIpc) is 3.17. The third-order valence-corrected chi connectivity index (χ3v) is 5.08. The van der Waals surface area contributed by atoms with Crippen LogP contribution < -0.4 is 5.32 Å². The lowest BCUT2D eigenvalue weighted by atomic mass is 10.2. The Bertz CT molecular complexity index is 1140. The third kappa shape index (κ3) is 4.52. The van der Waals surface area contributed by atoms with E-state index in [9.17, 15) is 4.79 Å². The van der Waals surface area contributed by atoms with Crippen molar-refractivity contribution in [3.8, 4) is 0 Å². The molecule has 0 aliphatic carbocycles. The number of benzene rings is 2. The van der Waals surface area contributed by atoms with E-state index < -0.39 is 0 Å². The van der Waals surface area contributed by atoms with Crippen molar-refractivity contribution in [2.75, 3.05) is 11.6 Å². The number of hydrogen-bond donors (Lipinski definition) is 2. The van der Waals surface area contributed by atoms with Crippen LogP contribution in [0.5, 0.6) is 0 Å². The topological polar surface area (TPSA) is 82.5 Å². The van der Waals surface area contributed by atoms with E-state index in [0.29, 0.717) is 17.1 Å². The zero-order valence-corrected chi connectivity index (χ0v) is 17.1. The molecule has 0 aliphatic rings. The van der Waals surface area contributed by atoms with Crippen LogP contribution in [0.25, 0.3) is 16.6 Å². The summed E-state index contributed by atoms with van der Waals surface area (Å²) in [6.45, 7) is 8.95. The van der Waals surface area contributed by atoms with E-state index in [4.69, 9.17) is 0 Å². The van der Waals surface area contributed by atoms with Crippen molar-refractivity contribution in [3.05, 3.63) is 66.1 Å². The van der Waals surface area contributed by atoms with Crippen LogP contribution in [0.2, 0.25) is 0 Å². The fraction of sp³-hybridized carbons (Fsp3) is 0.0909. The molecule has 0 unspecified atom stereocenters. The van der Waals surface area contributed by atoms with Crippen LogP contribution in [0.1, 0.15) is 23.1 Å². The molecule has 1 heterocycles. The van der Waals surface area contributed by atoms with Gasteiger partial charge in [0, 0.05) is 27.9 Å². The zero-order valence-electron chi connectivity index (χ0n) is 16.3. The molecule has 1 aromatic heterocycles. The fourth-order valence-electron chi connectivity index (χ4n) is 2.83. The molecular formula is C22H21N5OS. The molecule has 0 aliphatic heterocycles. The summed E-state index contributed by atoms with van der Waals surface area (Å²) >= 11 is 1.58. The lowest BCUT2D eigenvalue weighted by Gasteiger charge is -2.08. The second kappa shape index (κ2) is 9.16. The van der Waals surface area contributed by atoms with Crippen molar-refractivity contribution in [2.24, 2.45) is 9.98 Å². The number of anilines is 1. The van der Waals surface area contributed by atoms with Crippen molar-refractivity contribution in [3.63, 3.8) is 0 Å². The molecule has 0 saturated heterocycles. The molecule has 0 radical (unpaired) electrons. The largest absolute Gasteiger partial charge is 0.338 e. The van der Waals surface area contributed by atoms with Gasteiger partial charge in [-0.3, -0.25) is 14.8 Å². The number of nitrogens with one attached hydrogen (secondary N) is 2. The molecule has 1 amide bonds. The highest BCUT2D eigenvalue weighted by molar-refractivity contribution is 7.98. The third-order valence-electron chi connectivity index (χ3n) is 4.30. The van der Waals surface area contributed by atoms with E-state index in [1.54, 1.807) is 30.1 Å². The van der Waals surface area contributed by atoms with Crippen LogP contribution in [0, 0.1) is 0 Å². The van der Waals surface area contributed by atoms with Crippen LogP contribution in [0.4, 0.5) is 11.4 Å². The van der Waals surface area contributed by atoms with Gasteiger partial charge in [-0.1, -0.05) is 6.08 Å². The Morgan fingerprint density at radius 2 is 2.07 bits per heavy atom. The maximum Gasteiger partial charge on any atom is 0.255 e. The van der Waals surface area contributed by atoms with Crippen LogP contribution in [0.15, 0.2) is 69.6 Å². The molecule has 7 heteroatoms. The van der Waals surface area contributed by atoms with Gasteiger partial charge in [-0.15, -0.1) is 11.8 Å². The standard InChI is InChI=1S/C22H21N5OS/c1-5-14(10-11-23-2)21-26-17-8-6-15(12-18(17)27-21)22(28)25-16-7-9-20(29-4)19(13-16)24-3/h5-13H,2-3H2,1,4H3,(H,25,28)(H,26,27)/b11-10-,14-5+. The van der Waals surface area contributed by atoms with Crippen molar-refractivity contribution in [1.82, 2.24) is 9.97 Å². The molecule has 0 atom stereocenters. The normalized spacial score (nSPS) is 11.7. The Morgan fingerprint density at radius 3 is 2.76 bits per heavy atom. The Kier molecular flexibility index (Phi) is 6.41. The van der Waals surface area contributed by atoms with Gasteiger partial charge < -0.3 is 10.3 Å². The number of nitrogens with zero attached hydrogens (tertiary/aromatic N) is 3. The summed E-state index contributed by atoms with van der Waals surface area (Å²) in [7, 11) is 0.